The van der Waals surface area contributed by atoms with Crippen LogP contribution in [0.3, 0.4) is 0 Å². The molecule has 0 unspecified atom stereocenters. The van der Waals surface area contributed by atoms with Gasteiger partial charge in [0.05, 0.1) is 6.33 Å². The van der Waals surface area contributed by atoms with E-state index in [1.54, 1.807) is 11.6 Å². The second-order valence-corrected chi connectivity index (χ2v) is 6.26. The largest absolute Gasteiger partial charge is 0.339 e. The molecule has 2 heterocycles. The molecule has 2 rings (SSSR count). The zero-order valence-electron chi connectivity index (χ0n) is 10.1. The van der Waals surface area contributed by atoms with E-state index >= 15 is 0 Å². The van der Waals surface area contributed by atoms with Crippen molar-refractivity contribution in [2.24, 2.45) is 7.05 Å². The van der Waals surface area contributed by atoms with Gasteiger partial charge in [-0.05, 0) is 26.4 Å². The second kappa shape index (κ2) is 4.75. The van der Waals surface area contributed by atoms with E-state index in [0.717, 1.165) is 25.9 Å². The first-order valence-corrected chi connectivity index (χ1v) is 7.14. The first-order valence-electron chi connectivity index (χ1n) is 5.66. The van der Waals surface area contributed by atoms with Crippen molar-refractivity contribution in [3.8, 4) is 0 Å². The van der Waals surface area contributed by atoms with Crippen LogP contribution < -0.4 is 4.72 Å². The molecule has 0 bridgehead atoms. The van der Waals surface area contributed by atoms with E-state index in [0.29, 0.717) is 0 Å². The van der Waals surface area contributed by atoms with Gasteiger partial charge in [0, 0.05) is 25.8 Å². The monoisotopic (exact) mass is 258 g/mol. The first kappa shape index (κ1) is 12.5. The van der Waals surface area contributed by atoms with Gasteiger partial charge in [0.2, 0.25) is 0 Å². The van der Waals surface area contributed by atoms with Crippen molar-refractivity contribution < 1.29 is 8.42 Å². The third-order valence-electron chi connectivity index (χ3n) is 2.90. The number of likely N-dealkylation sites (tertiary alicyclic amines) is 1. The van der Waals surface area contributed by atoms with Crippen molar-refractivity contribution in [2.75, 3.05) is 20.1 Å². The molecule has 0 aliphatic carbocycles. The summed E-state index contributed by atoms with van der Waals surface area (Å²) in [7, 11) is 0.281. The number of hydrogen-bond donors (Lipinski definition) is 1. The summed E-state index contributed by atoms with van der Waals surface area (Å²) in [6.45, 7) is 1.79. The van der Waals surface area contributed by atoms with Crippen LogP contribution in [0.1, 0.15) is 12.8 Å². The number of hydrogen-bond acceptors (Lipinski definition) is 4. The van der Waals surface area contributed by atoms with Gasteiger partial charge in [-0.15, -0.1) is 0 Å². The van der Waals surface area contributed by atoms with Gasteiger partial charge in [0.1, 0.15) is 0 Å². The molecule has 0 spiro atoms. The third kappa shape index (κ3) is 3.05. The Labute approximate surface area is 102 Å². The number of aromatic nitrogens is 2. The smallest absolute Gasteiger partial charge is 0.259 e. The summed E-state index contributed by atoms with van der Waals surface area (Å²) in [5.74, 6) is 0. The highest BCUT2D eigenvalue weighted by atomic mass is 32.2. The minimum Gasteiger partial charge on any atom is -0.339 e. The summed E-state index contributed by atoms with van der Waals surface area (Å²) in [5.41, 5.74) is 0. The molecule has 1 aromatic heterocycles. The van der Waals surface area contributed by atoms with Crippen molar-refractivity contribution >= 4 is 10.0 Å². The minimum atomic E-state index is -3.47. The molecule has 6 nitrogen and oxygen atoms in total. The maximum atomic E-state index is 12.0. The molecule has 0 radical (unpaired) electrons. The molecular weight excluding hydrogens is 240 g/mol. The normalized spacial score (nSPS) is 22.8. The molecule has 96 valence electrons. The molecule has 0 aromatic carbocycles. The Morgan fingerprint density at radius 3 is 2.82 bits per heavy atom. The lowest BCUT2D eigenvalue weighted by Crippen LogP contribution is -2.46. The van der Waals surface area contributed by atoms with Crippen LogP contribution in [-0.2, 0) is 17.1 Å². The summed E-state index contributed by atoms with van der Waals surface area (Å²) < 4.78 is 28.4. The molecule has 1 saturated heterocycles. The van der Waals surface area contributed by atoms with Crippen LogP contribution in [0.25, 0.3) is 0 Å². The standard InChI is InChI=1S/C10H18N4O2S/c1-13-5-3-4-9(6-13)12-17(15,16)10-7-14(2)8-11-10/h7-9,12H,3-6H2,1-2H3/t9-/m1/s1. The maximum Gasteiger partial charge on any atom is 0.259 e. The van der Waals surface area contributed by atoms with Crippen LogP contribution >= 0.6 is 0 Å². The van der Waals surface area contributed by atoms with E-state index in [2.05, 4.69) is 14.6 Å². The summed E-state index contributed by atoms with van der Waals surface area (Å²) in [4.78, 5) is 6.00. The number of likely N-dealkylation sites (N-methyl/N-ethyl adjacent to an activating group) is 1. The Morgan fingerprint density at radius 1 is 1.47 bits per heavy atom. The topological polar surface area (TPSA) is 67.2 Å². The number of rotatable bonds is 3. The Hall–Kier alpha value is -0.920. The van der Waals surface area contributed by atoms with Crippen LogP contribution in [0.5, 0.6) is 0 Å². The molecule has 1 fully saturated rings. The van der Waals surface area contributed by atoms with Gasteiger partial charge in [-0.2, -0.15) is 0 Å². The molecule has 17 heavy (non-hydrogen) atoms. The fourth-order valence-electron chi connectivity index (χ4n) is 2.07. The van der Waals surface area contributed by atoms with Crippen LogP contribution in [-0.4, -0.2) is 49.0 Å². The van der Waals surface area contributed by atoms with Gasteiger partial charge in [0.15, 0.2) is 5.03 Å². The fourth-order valence-corrected chi connectivity index (χ4v) is 3.31. The van der Waals surface area contributed by atoms with E-state index in [9.17, 15) is 8.42 Å². The lowest BCUT2D eigenvalue weighted by atomic mass is 10.1. The molecule has 1 aliphatic heterocycles. The second-order valence-electron chi connectivity index (χ2n) is 4.60. The predicted octanol–water partition coefficient (Wildman–Crippen LogP) is -0.207. The molecule has 0 amide bonds. The van der Waals surface area contributed by atoms with Crippen LogP contribution in [0, 0.1) is 0 Å². The molecule has 0 saturated carbocycles. The predicted molar refractivity (Wildman–Crippen MR) is 64.0 cm³/mol. The Kier molecular flexibility index (Phi) is 3.50. The van der Waals surface area contributed by atoms with E-state index in [1.165, 1.54) is 12.5 Å². The van der Waals surface area contributed by atoms with Crippen molar-refractivity contribution in [1.82, 2.24) is 19.2 Å². The SMILES string of the molecule is CN1CCC[C@@H](NS(=O)(=O)c2cn(C)cn2)C1. The van der Waals surface area contributed by atoms with E-state index in [4.69, 9.17) is 0 Å². The molecule has 1 aromatic rings. The Bertz CT molecular complexity index is 482. The molecular formula is C10H18N4O2S. The van der Waals surface area contributed by atoms with Crippen molar-refractivity contribution in [1.29, 1.82) is 0 Å². The van der Waals surface area contributed by atoms with Gasteiger partial charge in [-0.1, -0.05) is 0 Å². The van der Waals surface area contributed by atoms with Crippen LogP contribution in [0.4, 0.5) is 0 Å². The van der Waals surface area contributed by atoms with E-state index in [1.807, 2.05) is 7.05 Å². The molecule has 1 aliphatic rings. The first-order chi connectivity index (χ1) is 7.97. The number of sulfonamides is 1. The molecule has 7 heteroatoms. The van der Waals surface area contributed by atoms with Crippen molar-refractivity contribution in [2.45, 2.75) is 23.9 Å². The van der Waals surface area contributed by atoms with Gasteiger partial charge in [0.25, 0.3) is 10.0 Å². The number of imidazole rings is 1. The Morgan fingerprint density at radius 2 is 2.24 bits per heavy atom. The summed E-state index contributed by atoms with van der Waals surface area (Å²) in [6, 6.07) is -0.0132. The number of aryl methyl sites for hydroxylation is 1. The van der Waals surface area contributed by atoms with Crippen LogP contribution in [0.2, 0.25) is 0 Å². The lowest BCUT2D eigenvalue weighted by molar-refractivity contribution is 0.242. The highest BCUT2D eigenvalue weighted by Gasteiger charge is 2.25. The van der Waals surface area contributed by atoms with Gasteiger partial charge >= 0.3 is 0 Å². The highest BCUT2D eigenvalue weighted by molar-refractivity contribution is 7.89. The van der Waals surface area contributed by atoms with Gasteiger partial charge in [-0.25, -0.2) is 18.1 Å². The number of piperidine rings is 1. The summed E-state index contributed by atoms with van der Waals surface area (Å²) >= 11 is 0. The highest BCUT2D eigenvalue weighted by Crippen LogP contribution is 2.12. The van der Waals surface area contributed by atoms with E-state index < -0.39 is 10.0 Å². The Balaban J connectivity index is 2.07. The lowest BCUT2D eigenvalue weighted by Gasteiger charge is -2.29. The molecule has 1 N–H and O–H groups in total. The van der Waals surface area contributed by atoms with Crippen molar-refractivity contribution in [3.05, 3.63) is 12.5 Å². The third-order valence-corrected chi connectivity index (χ3v) is 4.31. The summed E-state index contributed by atoms with van der Waals surface area (Å²) in [5, 5.41) is 0.0910. The molecule has 1 atom stereocenters. The van der Waals surface area contributed by atoms with Gasteiger partial charge in [-0.3, -0.25) is 0 Å². The number of nitrogens with zero attached hydrogens (tertiary/aromatic N) is 3. The maximum absolute atomic E-state index is 12.0. The number of nitrogens with one attached hydrogen (secondary N) is 1. The average Bonchev–Trinajstić information content (AvgIpc) is 2.65. The average molecular weight is 258 g/mol. The van der Waals surface area contributed by atoms with E-state index in [-0.39, 0.29) is 11.1 Å². The quantitative estimate of drug-likeness (QED) is 0.815. The van der Waals surface area contributed by atoms with Crippen LogP contribution in [0.15, 0.2) is 17.6 Å². The zero-order valence-corrected chi connectivity index (χ0v) is 10.9. The zero-order chi connectivity index (χ0) is 12.5. The van der Waals surface area contributed by atoms with Gasteiger partial charge < -0.3 is 9.47 Å². The minimum absolute atomic E-state index is 0.0132. The fraction of sp³-hybridized carbons (Fsp3) is 0.700. The van der Waals surface area contributed by atoms with Crippen molar-refractivity contribution in [3.63, 3.8) is 0 Å². The summed E-state index contributed by atoms with van der Waals surface area (Å²) in [6.07, 6.45) is 4.90.